The van der Waals surface area contributed by atoms with Gasteiger partial charge in [0.2, 0.25) is 10.0 Å². The molecule has 0 unspecified atom stereocenters. The van der Waals surface area contributed by atoms with E-state index >= 15 is 0 Å². The minimum atomic E-state index is -3.14. The first kappa shape index (κ1) is 14.6. The van der Waals surface area contributed by atoms with E-state index in [2.05, 4.69) is 27.3 Å². The second-order valence-corrected chi connectivity index (χ2v) is 7.86. The van der Waals surface area contributed by atoms with Gasteiger partial charge in [0.05, 0.1) is 4.75 Å². The minimum absolute atomic E-state index is 0.566. The maximum absolute atomic E-state index is 11.6. The second-order valence-electron chi connectivity index (χ2n) is 4.26. The highest BCUT2D eigenvalue weighted by molar-refractivity contribution is 14.1. The summed E-state index contributed by atoms with van der Waals surface area (Å²) in [5, 5.41) is 0. The van der Waals surface area contributed by atoms with Crippen molar-refractivity contribution < 1.29 is 8.42 Å². The van der Waals surface area contributed by atoms with E-state index in [1.165, 1.54) is 0 Å². The lowest BCUT2D eigenvalue weighted by Gasteiger charge is -2.19. The van der Waals surface area contributed by atoms with Crippen LogP contribution in [0.25, 0.3) is 0 Å². The zero-order valence-electron chi connectivity index (χ0n) is 9.14. The van der Waals surface area contributed by atoms with Crippen LogP contribution in [-0.4, -0.2) is 24.1 Å². The highest BCUT2D eigenvalue weighted by atomic mass is 127. The number of hydrogen-bond donors (Lipinski definition) is 1. The molecule has 0 aliphatic carbocycles. The number of alkyl halides is 1. The summed E-state index contributed by atoms with van der Waals surface area (Å²) in [5.74, 6) is 0. The molecule has 86 valence electrons. The van der Waals surface area contributed by atoms with E-state index < -0.39 is 14.8 Å². The Morgan fingerprint density at radius 1 is 1.14 bits per heavy atom. The summed E-state index contributed by atoms with van der Waals surface area (Å²) < 4.78 is 26.2. The Labute approximate surface area is 101 Å². The molecule has 0 aromatic heterocycles. The molecule has 0 fully saturated rings. The summed E-state index contributed by atoms with van der Waals surface area (Å²) in [5.41, 5.74) is 0. The standard InChI is InChI=1S/C9H20INO2S/c1-9(2,3)14(12,13)11-8-6-4-5-7-10/h11H,4-8H2,1-3H3. The second kappa shape index (κ2) is 6.27. The molecule has 0 heterocycles. The molecule has 0 saturated heterocycles. The molecule has 1 N–H and O–H groups in total. The van der Waals surface area contributed by atoms with E-state index in [0.29, 0.717) is 6.54 Å². The van der Waals surface area contributed by atoms with Crippen molar-refractivity contribution in [2.45, 2.75) is 44.8 Å². The van der Waals surface area contributed by atoms with E-state index in [4.69, 9.17) is 0 Å². The molecule has 0 aromatic carbocycles. The molecule has 0 aliphatic rings. The molecular formula is C9H20INO2S. The third kappa shape index (κ3) is 5.50. The molecular weight excluding hydrogens is 313 g/mol. The summed E-state index contributed by atoms with van der Waals surface area (Å²) in [4.78, 5) is 0. The quantitative estimate of drug-likeness (QED) is 0.461. The zero-order valence-corrected chi connectivity index (χ0v) is 12.1. The number of halogens is 1. The third-order valence-corrected chi connectivity index (χ3v) is 4.87. The van der Waals surface area contributed by atoms with Gasteiger partial charge in [-0.25, -0.2) is 13.1 Å². The summed E-state index contributed by atoms with van der Waals surface area (Å²) in [7, 11) is -3.14. The zero-order chi connectivity index (χ0) is 11.2. The van der Waals surface area contributed by atoms with Gasteiger partial charge in [0, 0.05) is 6.54 Å². The summed E-state index contributed by atoms with van der Waals surface area (Å²) in [6.07, 6.45) is 3.19. The molecule has 0 rings (SSSR count). The largest absolute Gasteiger partial charge is 0.216 e. The van der Waals surface area contributed by atoms with E-state index in [1.54, 1.807) is 20.8 Å². The summed E-state index contributed by atoms with van der Waals surface area (Å²) in [6, 6.07) is 0. The van der Waals surface area contributed by atoms with Crippen LogP contribution in [0.1, 0.15) is 40.0 Å². The van der Waals surface area contributed by atoms with Gasteiger partial charge in [0.15, 0.2) is 0 Å². The predicted octanol–water partition coefficient (Wildman–Crippen LogP) is 2.31. The lowest BCUT2D eigenvalue weighted by molar-refractivity contribution is 0.541. The maximum atomic E-state index is 11.6. The van der Waals surface area contributed by atoms with E-state index in [-0.39, 0.29) is 0 Å². The van der Waals surface area contributed by atoms with Crippen molar-refractivity contribution in [3.63, 3.8) is 0 Å². The minimum Gasteiger partial charge on any atom is -0.215 e. The molecule has 5 heteroatoms. The van der Waals surface area contributed by atoms with Gasteiger partial charge in [-0.05, 0) is 38.0 Å². The van der Waals surface area contributed by atoms with Crippen LogP contribution >= 0.6 is 22.6 Å². The molecule has 0 atom stereocenters. The number of hydrogen-bond acceptors (Lipinski definition) is 2. The van der Waals surface area contributed by atoms with Crippen molar-refractivity contribution in [2.75, 3.05) is 11.0 Å². The van der Waals surface area contributed by atoms with Crippen molar-refractivity contribution in [2.24, 2.45) is 0 Å². The Morgan fingerprint density at radius 3 is 2.14 bits per heavy atom. The molecule has 0 aliphatic heterocycles. The van der Waals surface area contributed by atoms with Crippen molar-refractivity contribution in [1.29, 1.82) is 0 Å². The first-order valence-electron chi connectivity index (χ1n) is 4.86. The van der Waals surface area contributed by atoms with Crippen molar-refractivity contribution in [3.05, 3.63) is 0 Å². The van der Waals surface area contributed by atoms with Crippen LogP contribution < -0.4 is 4.72 Å². The predicted molar refractivity (Wildman–Crippen MR) is 69.4 cm³/mol. The first-order valence-corrected chi connectivity index (χ1v) is 7.87. The maximum Gasteiger partial charge on any atom is 0.216 e. The van der Waals surface area contributed by atoms with Crippen LogP contribution in [0.2, 0.25) is 0 Å². The molecule has 0 spiro atoms. The molecule has 0 saturated carbocycles. The summed E-state index contributed by atoms with van der Waals surface area (Å²) >= 11 is 2.33. The SMILES string of the molecule is CC(C)(C)S(=O)(=O)NCCCCCI. The molecule has 0 amide bonds. The third-order valence-electron chi connectivity index (χ3n) is 1.91. The van der Waals surface area contributed by atoms with E-state index in [1.807, 2.05) is 0 Å². The van der Waals surface area contributed by atoms with Gasteiger partial charge in [-0.15, -0.1) is 0 Å². The first-order chi connectivity index (χ1) is 6.31. The lowest BCUT2D eigenvalue weighted by Crippen LogP contribution is -2.39. The fraction of sp³-hybridized carbons (Fsp3) is 1.00. The van der Waals surface area contributed by atoms with Crippen molar-refractivity contribution >= 4 is 32.6 Å². The fourth-order valence-corrected chi connectivity index (χ4v) is 2.20. The van der Waals surface area contributed by atoms with Crippen molar-refractivity contribution in [1.82, 2.24) is 4.72 Å². The number of sulfonamides is 1. The van der Waals surface area contributed by atoms with Gasteiger partial charge in [-0.3, -0.25) is 0 Å². The number of rotatable bonds is 6. The smallest absolute Gasteiger partial charge is 0.215 e. The molecule has 0 aromatic rings. The van der Waals surface area contributed by atoms with Crippen molar-refractivity contribution in [3.8, 4) is 0 Å². The number of unbranched alkanes of at least 4 members (excludes halogenated alkanes) is 2. The van der Waals surface area contributed by atoms with Crippen LogP contribution in [0.3, 0.4) is 0 Å². The summed E-state index contributed by atoms with van der Waals surface area (Å²) in [6.45, 7) is 5.69. The fourth-order valence-electron chi connectivity index (χ4n) is 0.819. The Hall–Kier alpha value is 0.640. The van der Waals surface area contributed by atoms with Gasteiger partial charge in [0.25, 0.3) is 0 Å². The van der Waals surface area contributed by atoms with Gasteiger partial charge < -0.3 is 0 Å². The topological polar surface area (TPSA) is 46.2 Å². The average molecular weight is 333 g/mol. The van der Waals surface area contributed by atoms with Gasteiger partial charge in [-0.2, -0.15) is 0 Å². The molecule has 3 nitrogen and oxygen atoms in total. The van der Waals surface area contributed by atoms with Crippen LogP contribution in [0.15, 0.2) is 0 Å². The Morgan fingerprint density at radius 2 is 1.71 bits per heavy atom. The van der Waals surface area contributed by atoms with Crippen LogP contribution in [0.4, 0.5) is 0 Å². The van der Waals surface area contributed by atoms with Crippen LogP contribution in [-0.2, 0) is 10.0 Å². The van der Waals surface area contributed by atoms with Crippen LogP contribution in [0.5, 0.6) is 0 Å². The Kier molecular flexibility index (Phi) is 6.56. The van der Waals surface area contributed by atoms with Gasteiger partial charge in [-0.1, -0.05) is 29.0 Å². The highest BCUT2D eigenvalue weighted by Gasteiger charge is 2.27. The lowest BCUT2D eigenvalue weighted by atomic mass is 10.3. The monoisotopic (exact) mass is 333 g/mol. The molecule has 0 bridgehead atoms. The Balaban J connectivity index is 3.80. The average Bonchev–Trinajstić information content (AvgIpc) is 2.02. The van der Waals surface area contributed by atoms with E-state index in [0.717, 1.165) is 23.7 Å². The van der Waals surface area contributed by atoms with Crippen LogP contribution in [0, 0.1) is 0 Å². The Bertz CT molecular complexity index is 244. The molecule has 0 radical (unpaired) electrons. The van der Waals surface area contributed by atoms with Gasteiger partial charge >= 0.3 is 0 Å². The van der Waals surface area contributed by atoms with E-state index in [9.17, 15) is 8.42 Å². The van der Waals surface area contributed by atoms with Gasteiger partial charge in [0.1, 0.15) is 0 Å². The molecule has 14 heavy (non-hydrogen) atoms. The number of nitrogens with one attached hydrogen (secondary N) is 1. The normalized spacial score (nSPS) is 13.1. The highest BCUT2D eigenvalue weighted by Crippen LogP contribution is 2.12.